The second kappa shape index (κ2) is 8.93. The van der Waals surface area contributed by atoms with E-state index in [1.807, 2.05) is 7.05 Å². The molecule has 2 aliphatic rings. The van der Waals surface area contributed by atoms with Crippen molar-refractivity contribution in [2.24, 2.45) is 0 Å². The lowest BCUT2D eigenvalue weighted by Gasteiger charge is -2.31. The zero-order valence-corrected chi connectivity index (χ0v) is 16.5. The standard InChI is InChI=1S/C20H28ClN3O3/c1-23(15-6-3-2-4-7-15)19(26)17-10-9-14(12-18(17)21)22-20(27)24-11-5-8-16(25)13-24/h9-10,12,15-16,25H,2-8,11,13H2,1H3,(H,22,27). The van der Waals surface area contributed by atoms with Crippen molar-refractivity contribution < 1.29 is 14.7 Å². The Morgan fingerprint density at radius 3 is 2.59 bits per heavy atom. The number of hydrogen-bond donors (Lipinski definition) is 2. The summed E-state index contributed by atoms with van der Waals surface area (Å²) in [6, 6.07) is 4.99. The van der Waals surface area contributed by atoms with Crippen LogP contribution in [0.5, 0.6) is 0 Å². The highest BCUT2D eigenvalue weighted by molar-refractivity contribution is 6.34. The largest absolute Gasteiger partial charge is 0.391 e. The van der Waals surface area contributed by atoms with Crippen LogP contribution in [0.4, 0.5) is 10.5 Å². The number of carbonyl (C=O) groups excluding carboxylic acids is 2. The fraction of sp³-hybridized carbons (Fsp3) is 0.600. The number of anilines is 1. The Kier molecular flexibility index (Phi) is 6.60. The number of nitrogens with zero attached hydrogens (tertiary/aromatic N) is 2. The molecule has 0 aromatic heterocycles. The molecule has 3 rings (SSSR count). The Hall–Kier alpha value is -1.79. The number of piperidine rings is 1. The van der Waals surface area contributed by atoms with Crippen molar-refractivity contribution in [3.05, 3.63) is 28.8 Å². The second-order valence-corrected chi connectivity index (χ2v) is 7.98. The lowest BCUT2D eigenvalue weighted by atomic mass is 9.94. The topological polar surface area (TPSA) is 72.9 Å². The first-order valence-corrected chi connectivity index (χ1v) is 10.1. The molecule has 1 saturated heterocycles. The van der Waals surface area contributed by atoms with Crippen molar-refractivity contribution in [1.29, 1.82) is 0 Å². The van der Waals surface area contributed by atoms with Gasteiger partial charge in [0.25, 0.3) is 5.91 Å². The van der Waals surface area contributed by atoms with Crippen molar-refractivity contribution in [2.75, 3.05) is 25.5 Å². The van der Waals surface area contributed by atoms with Crippen molar-refractivity contribution >= 4 is 29.2 Å². The highest BCUT2D eigenvalue weighted by atomic mass is 35.5. The SMILES string of the molecule is CN(C(=O)c1ccc(NC(=O)N2CCCC(O)C2)cc1Cl)C1CCCCC1. The summed E-state index contributed by atoms with van der Waals surface area (Å²) in [4.78, 5) is 28.5. The lowest BCUT2D eigenvalue weighted by molar-refractivity contribution is 0.0696. The molecule has 1 heterocycles. The normalized spacial score (nSPS) is 21.0. The zero-order chi connectivity index (χ0) is 19.4. The molecule has 3 amide bonds. The molecule has 6 nitrogen and oxygen atoms in total. The lowest BCUT2D eigenvalue weighted by Crippen LogP contribution is -2.44. The van der Waals surface area contributed by atoms with Crippen LogP contribution in [0.15, 0.2) is 18.2 Å². The van der Waals surface area contributed by atoms with Crippen LogP contribution in [0.1, 0.15) is 55.3 Å². The minimum Gasteiger partial charge on any atom is -0.391 e. The summed E-state index contributed by atoms with van der Waals surface area (Å²) in [5.74, 6) is -0.0797. The zero-order valence-electron chi connectivity index (χ0n) is 15.8. The number of nitrogens with one attached hydrogen (secondary N) is 1. The molecule has 1 aromatic carbocycles. The highest BCUT2D eigenvalue weighted by Crippen LogP contribution is 2.27. The number of likely N-dealkylation sites (tertiary alicyclic amines) is 1. The van der Waals surface area contributed by atoms with Crippen molar-refractivity contribution in [3.8, 4) is 0 Å². The molecule has 2 fully saturated rings. The number of carbonyl (C=O) groups is 2. The maximum Gasteiger partial charge on any atom is 0.321 e. The van der Waals surface area contributed by atoms with E-state index < -0.39 is 6.10 Å². The Balaban J connectivity index is 1.64. The number of amides is 3. The first-order valence-electron chi connectivity index (χ1n) is 9.76. The minimum atomic E-state index is -0.469. The molecular weight excluding hydrogens is 366 g/mol. The first kappa shape index (κ1) is 20.0. The number of urea groups is 1. The summed E-state index contributed by atoms with van der Waals surface area (Å²) in [5, 5.41) is 12.8. The highest BCUT2D eigenvalue weighted by Gasteiger charge is 2.25. The number of hydrogen-bond acceptors (Lipinski definition) is 3. The van der Waals surface area contributed by atoms with E-state index in [-0.39, 0.29) is 18.0 Å². The molecule has 1 atom stereocenters. The van der Waals surface area contributed by atoms with Crippen LogP contribution >= 0.6 is 11.6 Å². The number of benzene rings is 1. The summed E-state index contributed by atoms with van der Waals surface area (Å²) in [5.41, 5.74) is 0.998. The predicted octanol–water partition coefficient (Wildman–Crippen LogP) is 3.73. The van der Waals surface area contributed by atoms with Gasteiger partial charge < -0.3 is 20.2 Å². The third kappa shape index (κ3) is 4.93. The monoisotopic (exact) mass is 393 g/mol. The van der Waals surface area contributed by atoms with Crippen LogP contribution in [-0.4, -0.2) is 59.1 Å². The van der Waals surface area contributed by atoms with Crippen LogP contribution < -0.4 is 5.32 Å². The maximum atomic E-state index is 12.8. The molecule has 1 aromatic rings. The predicted molar refractivity (Wildman–Crippen MR) is 106 cm³/mol. The maximum absolute atomic E-state index is 12.8. The van der Waals surface area contributed by atoms with Gasteiger partial charge in [-0.3, -0.25) is 4.79 Å². The van der Waals surface area contributed by atoms with Gasteiger partial charge in [-0.05, 0) is 43.9 Å². The van der Waals surface area contributed by atoms with E-state index in [0.29, 0.717) is 29.4 Å². The van der Waals surface area contributed by atoms with E-state index in [0.717, 1.165) is 38.5 Å². The molecule has 7 heteroatoms. The van der Waals surface area contributed by atoms with Gasteiger partial charge in [-0.15, -0.1) is 0 Å². The van der Waals surface area contributed by atoms with Gasteiger partial charge in [-0.1, -0.05) is 30.9 Å². The van der Waals surface area contributed by atoms with Crippen LogP contribution in [0.2, 0.25) is 5.02 Å². The van der Waals surface area contributed by atoms with Gasteiger partial charge in [0, 0.05) is 31.9 Å². The molecule has 2 N–H and O–H groups in total. The van der Waals surface area contributed by atoms with Gasteiger partial charge in [-0.25, -0.2) is 4.79 Å². The molecule has 0 spiro atoms. The quantitative estimate of drug-likeness (QED) is 0.821. The summed E-state index contributed by atoms with van der Waals surface area (Å²) in [6.45, 7) is 0.960. The molecule has 0 bridgehead atoms. The Morgan fingerprint density at radius 2 is 1.93 bits per heavy atom. The van der Waals surface area contributed by atoms with Crippen LogP contribution in [0.25, 0.3) is 0 Å². The van der Waals surface area contributed by atoms with Gasteiger partial charge in [0.05, 0.1) is 16.7 Å². The number of rotatable bonds is 3. The fourth-order valence-electron chi connectivity index (χ4n) is 3.93. The van der Waals surface area contributed by atoms with Crippen molar-refractivity contribution in [1.82, 2.24) is 9.80 Å². The first-order chi connectivity index (χ1) is 13.0. The summed E-state index contributed by atoms with van der Waals surface area (Å²) in [6.07, 6.45) is 6.67. The Morgan fingerprint density at radius 1 is 1.19 bits per heavy atom. The minimum absolute atomic E-state index is 0.0797. The molecule has 0 radical (unpaired) electrons. The molecule has 1 unspecified atom stereocenters. The van der Waals surface area contributed by atoms with E-state index in [9.17, 15) is 14.7 Å². The van der Waals surface area contributed by atoms with E-state index >= 15 is 0 Å². The molecule has 27 heavy (non-hydrogen) atoms. The van der Waals surface area contributed by atoms with Gasteiger partial charge in [-0.2, -0.15) is 0 Å². The molecule has 1 aliphatic carbocycles. The van der Waals surface area contributed by atoms with Gasteiger partial charge in [0.1, 0.15) is 0 Å². The van der Waals surface area contributed by atoms with Crippen molar-refractivity contribution in [2.45, 2.75) is 57.1 Å². The smallest absolute Gasteiger partial charge is 0.321 e. The van der Waals surface area contributed by atoms with Crippen LogP contribution in [0.3, 0.4) is 0 Å². The number of β-amino-alcohol motifs (C(OH)–C–C–N with tert-alkyl or cyclic N) is 1. The van der Waals surface area contributed by atoms with Crippen LogP contribution in [-0.2, 0) is 0 Å². The number of aliphatic hydroxyl groups is 1. The van der Waals surface area contributed by atoms with Gasteiger partial charge in [0.15, 0.2) is 0 Å². The summed E-state index contributed by atoms with van der Waals surface area (Å²) in [7, 11) is 1.84. The van der Waals surface area contributed by atoms with Gasteiger partial charge in [0.2, 0.25) is 0 Å². The molecular formula is C20H28ClN3O3. The molecule has 1 aliphatic heterocycles. The number of aliphatic hydroxyl groups excluding tert-OH is 1. The fourth-order valence-corrected chi connectivity index (χ4v) is 4.19. The second-order valence-electron chi connectivity index (χ2n) is 7.57. The summed E-state index contributed by atoms with van der Waals surface area (Å²) < 4.78 is 0. The van der Waals surface area contributed by atoms with E-state index in [4.69, 9.17) is 11.6 Å². The average molecular weight is 394 g/mol. The average Bonchev–Trinajstić information content (AvgIpc) is 2.67. The Labute approximate surface area is 165 Å². The van der Waals surface area contributed by atoms with E-state index in [1.54, 1.807) is 28.0 Å². The van der Waals surface area contributed by atoms with Gasteiger partial charge >= 0.3 is 6.03 Å². The molecule has 1 saturated carbocycles. The third-order valence-electron chi connectivity index (χ3n) is 5.58. The van der Waals surface area contributed by atoms with Crippen LogP contribution in [0, 0.1) is 0 Å². The van der Waals surface area contributed by atoms with E-state index in [1.165, 1.54) is 6.42 Å². The number of halogens is 1. The van der Waals surface area contributed by atoms with E-state index in [2.05, 4.69) is 5.32 Å². The van der Waals surface area contributed by atoms with Crippen molar-refractivity contribution in [3.63, 3.8) is 0 Å². The Bertz CT molecular complexity index is 691. The third-order valence-corrected chi connectivity index (χ3v) is 5.89. The molecule has 148 valence electrons. The summed E-state index contributed by atoms with van der Waals surface area (Å²) >= 11 is 6.35.